The molecule has 4 amide bonds. The molecule has 0 bridgehead atoms. The Morgan fingerprint density at radius 1 is 1.00 bits per heavy atom. The normalized spacial score (nSPS) is 19.5. The minimum atomic E-state index is -0.914. The van der Waals surface area contributed by atoms with Crippen LogP contribution in [0.2, 0.25) is 0 Å². The van der Waals surface area contributed by atoms with Gasteiger partial charge < -0.3 is 26.1 Å². The number of nitrogens with zero attached hydrogens (tertiary/aromatic N) is 1. The number of carbonyl (C=O) groups is 5. The largest absolute Gasteiger partial charge is 0.356 e. The lowest BCUT2D eigenvalue weighted by Crippen LogP contribution is -2.57. The summed E-state index contributed by atoms with van der Waals surface area (Å²) in [4.78, 5) is 68.6. The van der Waals surface area contributed by atoms with E-state index in [-0.39, 0.29) is 35.8 Å². The van der Waals surface area contributed by atoms with Crippen molar-refractivity contribution in [3.05, 3.63) is 40.5 Å². The highest BCUT2D eigenvalue weighted by Crippen LogP contribution is 2.28. The number of carbonyl (C=O) groups excluding carboxylic acids is 5. The lowest BCUT2D eigenvalue weighted by Gasteiger charge is -2.29. The van der Waals surface area contributed by atoms with E-state index in [1.165, 1.54) is 0 Å². The van der Waals surface area contributed by atoms with E-state index in [1.54, 1.807) is 12.1 Å². The highest BCUT2D eigenvalue weighted by Gasteiger charge is 2.33. The van der Waals surface area contributed by atoms with Crippen LogP contribution in [0.25, 0.3) is 10.9 Å². The molecular weight excluding hydrogens is 602 g/mol. The first-order valence-corrected chi connectivity index (χ1v) is 15.6. The van der Waals surface area contributed by atoms with Gasteiger partial charge in [0.25, 0.3) is 5.91 Å². The Balaban J connectivity index is 1.46. The molecule has 10 nitrogen and oxygen atoms in total. The number of benzene rings is 1. The van der Waals surface area contributed by atoms with E-state index in [4.69, 9.17) is 0 Å². The quantitative estimate of drug-likeness (QED) is 0.261. The van der Waals surface area contributed by atoms with E-state index in [9.17, 15) is 24.0 Å². The summed E-state index contributed by atoms with van der Waals surface area (Å²) in [7, 11) is 0. The molecule has 0 spiro atoms. The molecule has 2 fully saturated rings. The van der Waals surface area contributed by atoms with Crippen LogP contribution in [0.15, 0.2) is 34.8 Å². The fraction of sp³-hybridized carbons (Fsp3) is 0.548. The zero-order chi connectivity index (χ0) is 30.2. The second kappa shape index (κ2) is 14.7. The summed E-state index contributed by atoms with van der Waals surface area (Å²) in [5.41, 5.74) is 0.826. The zero-order valence-electron chi connectivity index (χ0n) is 24.2. The van der Waals surface area contributed by atoms with Crippen molar-refractivity contribution < 1.29 is 24.0 Å². The van der Waals surface area contributed by atoms with Crippen molar-refractivity contribution in [3.63, 3.8) is 0 Å². The molecule has 1 aromatic heterocycles. The Morgan fingerprint density at radius 2 is 1.74 bits per heavy atom. The molecule has 42 heavy (non-hydrogen) atoms. The summed E-state index contributed by atoms with van der Waals surface area (Å²) in [5, 5.41) is 12.1. The second-order valence-corrected chi connectivity index (χ2v) is 12.7. The predicted octanol–water partition coefficient (Wildman–Crippen LogP) is 3.42. The topological polar surface area (TPSA) is 146 Å². The monoisotopic (exact) mass is 641 g/mol. The van der Waals surface area contributed by atoms with Crippen LogP contribution in [0.5, 0.6) is 0 Å². The number of rotatable bonds is 12. The fourth-order valence-corrected chi connectivity index (χ4v) is 6.17. The van der Waals surface area contributed by atoms with E-state index in [2.05, 4.69) is 42.2 Å². The van der Waals surface area contributed by atoms with Gasteiger partial charge >= 0.3 is 0 Å². The van der Waals surface area contributed by atoms with Crippen molar-refractivity contribution in [2.45, 2.75) is 83.3 Å². The third kappa shape index (κ3) is 8.36. The Labute approximate surface area is 254 Å². The van der Waals surface area contributed by atoms with E-state index < -0.39 is 35.8 Å². The number of hydrogen-bond acceptors (Lipinski definition) is 6. The number of aldehydes is 1. The summed E-state index contributed by atoms with van der Waals surface area (Å²) in [6, 6.07) is 6.40. The van der Waals surface area contributed by atoms with Gasteiger partial charge in [0.1, 0.15) is 24.1 Å². The third-order valence-corrected chi connectivity index (χ3v) is 8.74. The Morgan fingerprint density at radius 3 is 2.40 bits per heavy atom. The van der Waals surface area contributed by atoms with Gasteiger partial charge in [-0.2, -0.15) is 0 Å². The number of nitrogens with one attached hydrogen (secondary N) is 4. The number of hydrogen-bond donors (Lipinski definition) is 4. The number of amides is 4. The Bertz CT molecular complexity index is 1310. The van der Waals surface area contributed by atoms with Crippen LogP contribution < -0.4 is 21.3 Å². The molecule has 11 heteroatoms. The summed E-state index contributed by atoms with van der Waals surface area (Å²) in [6.45, 7) is 4.19. The average Bonchev–Trinajstić information content (AvgIpc) is 3.38. The zero-order valence-corrected chi connectivity index (χ0v) is 25.7. The average molecular weight is 643 g/mol. The lowest BCUT2D eigenvalue weighted by atomic mass is 9.84. The van der Waals surface area contributed by atoms with Crippen molar-refractivity contribution in [1.82, 2.24) is 26.3 Å². The van der Waals surface area contributed by atoms with Crippen LogP contribution in [0.1, 0.15) is 75.7 Å². The molecule has 2 aromatic rings. The molecule has 1 saturated heterocycles. The van der Waals surface area contributed by atoms with Crippen molar-refractivity contribution >= 4 is 56.7 Å². The van der Waals surface area contributed by atoms with Gasteiger partial charge in [-0.15, -0.1) is 0 Å². The van der Waals surface area contributed by atoms with E-state index in [1.807, 2.05) is 32.0 Å². The van der Waals surface area contributed by atoms with E-state index >= 15 is 0 Å². The number of pyridine rings is 1. The molecule has 1 saturated carbocycles. The number of aromatic nitrogens is 1. The first-order chi connectivity index (χ1) is 20.1. The Hall–Kier alpha value is -3.34. The Kier molecular flexibility index (Phi) is 11.1. The predicted molar refractivity (Wildman–Crippen MR) is 162 cm³/mol. The van der Waals surface area contributed by atoms with Gasteiger partial charge in [0.2, 0.25) is 17.7 Å². The molecule has 2 heterocycles. The fourth-order valence-electron chi connectivity index (χ4n) is 5.82. The summed E-state index contributed by atoms with van der Waals surface area (Å²) in [5.74, 6) is -1.89. The van der Waals surface area contributed by atoms with Crippen LogP contribution in [0.4, 0.5) is 0 Å². The molecule has 1 aliphatic heterocycles. The van der Waals surface area contributed by atoms with Crippen molar-refractivity contribution in [2.75, 3.05) is 6.54 Å². The highest BCUT2D eigenvalue weighted by molar-refractivity contribution is 9.10. The van der Waals surface area contributed by atoms with Crippen LogP contribution in [0, 0.1) is 17.8 Å². The molecule has 4 rings (SSSR count). The smallest absolute Gasteiger partial charge is 0.270 e. The molecule has 0 radical (unpaired) electrons. The molecule has 4 N–H and O–H groups in total. The van der Waals surface area contributed by atoms with Gasteiger partial charge in [-0.3, -0.25) is 19.2 Å². The molecule has 4 atom stereocenters. The van der Waals surface area contributed by atoms with Gasteiger partial charge in [-0.1, -0.05) is 74.0 Å². The van der Waals surface area contributed by atoms with Crippen LogP contribution in [-0.4, -0.2) is 59.6 Å². The first kappa shape index (κ1) is 31.6. The second-order valence-electron chi connectivity index (χ2n) is 11.8. The van der Waals surface area contributed by atoms with Gasteiger partial charge in [0.15, 0.2) is 0 Å². The van der Waals surface area contributed by atoms with E-state index in [0.717, 1.165) is 42.0 Å². The molecule has 226 valence electrons. The molecule has 1 aliphatic carbocycles. The maximum atomic E-state index is 13.6. The minimum Gasteiger partial charge on any atom is -0.356 e. The summed E-state index contributed by atoms with van der Waals surface area (Å²) >= 11 is 3.42. The maximum Gasteiger partial charge on any atom is 0.270 e. The van der Waals surface area contributed by atoms with Gasteiger partial charge in [-0.05, 0) is 49.3 Å². The highest BCUT2D eigenvalue weighted by atomic mass is 79.9. The lowest BCUT2D eigenvalue weighted by molar-refractivity contribution is -0.132. The van der Waals surface area contributed by atoms with Gasteiger partial charge in [0.05, 0.1) is 11.6 Å². The number of fused-ring (bicyclic) bond motifs is 1. The van der Waals surface area contributed by atoms with Crippen LogP contribution in [-0.2, 0) is 19.2 Å². The first-order valence-electron chi connectivity index (χ1n) is 14.9. The van der Waals surface area contributed by atoms with E-state index in [0.29, 0.717) is 31.2 Å². The number of halogens is 1. The van der Waals surface area contributed by atoms with Crippen LogP contribution in [0.3, 0.4) is 0 Å². The van der Waals surface area contributed by atoms with Crippen molar-refractivity contribution in [2.24, 2.45) is 17.8 Å². The minimum absolute atomic E-state index is 0.118. The van der Waals surface area contributed by atoms with Gasteiger partial charge in [-0.25, -0.2) is 4.98 Å². The molecular formula is C31H40BrN5O5. The molecule has 1 aromatic carbocycles. The summed E-state index contributed by atoms with van der Waals surface area (Å²) in [6.07, 6.45) is 7.13. The standard InChI is InChI=1S/C31H40BrN5O5/c1-18(2)27(37-29(40)24-11-9-20-8-10-22(32)16-25(20)35-24)31(42)36-26(14-19-6-4-3-5-7-19)30(41)34-23(17-38)15-21-12-13-33-28(21)39/h8-11,16-19,21,23,26-27H,3-7,12-15H2,1-2H3,(H,33,39)(H,34,41)(H,36,42)(H,37,40)/t21-,23-,26-,27-/m0/s1. The van der Waals surface area contributed by atoms with Crippen molar-refractivity contribution in [3.8, 4) is 0 Å². The third-order valence-electron chi connectivity index (χ3n) is 8.24. The van der Waals surface area contributed by atoms with Gasteiger partial charge in [0, 0.05) is 22.3 Å². The SMILES string of the molecule is CC(C)[C@H](NC(=O)c1ccc2ccc(Br)cc2n1)C(=O)N[C@@H](CC1CCCCC1)C(=O)N[C@H](C=O)C[C@@H]1CCNC1=O. The maximum absolute atomic E-state index is 13.6. The van der Waals surface area contributed by atoms with Crippen LogP contribution >= 0.6 is 15.9 Å². The molecule has 0 unspecified atom stereocenters. The summed E-state index contributed by atoms with van der Waals surface area (Å²) < 4.78 is 0.838. The molecule has 2 aliphatic rings. The van der Waals surface area contributed by atoms with Crippen molar-refractivity contribution in [1.29, 1.82) is 0 Å².